The summed E-state index contributed by atoms with van der Waals surface area (Å²) in [6, 6.07) is 1.05. The Hall–Kier alpha value is -0.120. The summed E-state index contributed by atoms with van der Waals surface area (Å²) < 4.78 is 0. The summed E-state index contributed by atoms with van der Waals surface area (Å²) in [5, 5.41) is 17.0. The quantitative estimate of drug-likeness (QED) is 0.666. The highest BCUT2D eigenvalue weighted by molar-refractivity contribution is 4.89. The number of aliphatic hydroxyl groups excluding tert-OH is 1. The molecule has 0 aliphatic carbocycles. The molecule has 0 spiro atoms. The van der Waals surface area contributed by atoms with Gasteiger partial charge in [0.25, 0.3) is 0 Å². The summed E-state index contributed by atoms with van der Waals surface area (Å²) in [5.74, 6) is 0.981. The fourth-order valence-electron chi connectivity index (χ4n) is 3.10. The topological polar surface area (TPSA) is 44.3 Å². The monoisotopic (exact) mass is 228 g/mol. The maximum atomic E-state index is 9.86. The first-order chi connectivity index (χ1) is 7.60. The van der Waals surface area contributed by atoms with E-state index in [9.17, 15) is 5.11 Å². The van der Waals surface area contributed by atoms with Crippen molar-refractivity contribution in [2.45, 2.75) is 58.7 Å². The predicted octanol–water partition coefficient (Wildman–Crippen LogP) is 1.37. The Morgan fingerprint density at radius 1 is 1.25 bits per heavy atom. The van der Waals surface area contributed by atoms with Gasteiger partial charge >= 0.3 is 0 Å². The van der Waals surface area contributed by atoms with Crippen LogP contribution in [0.3, 0.4) is 0 Å². The minimum Gasteiger partial charge on any atom is -0.393 e. The first kappa shape index (κ1) is 13.9. The molecule has 1 fully saturated rings. The Labute approximate surface area is 100 Å². The van der Waals surface area contributed by atoms with E-state index in [1.807, 2.05) is 6.92 Å². The Morgan fingerprint density at radius 3 is 2.38 bits per heavy atom. The summed E-state index contributed by atoms with van der Waals surface area (Å²) in [7, 11) is 0. The van der Waals surface area contributed by atoms with Crippen LogP contribution in [0.4, 0.5) is 0 Å². The van der Waals surface area contributed by atoms with Crippen LogP contribution in [0.1, 0.15) is 40.5 Å². The first-order valence-electron chi connectivity index (χ1n) is 6.74. The molecule has 0 saturated carbocycles. The van der Waals surface area contributed by atoms with E-state index >= 15 is 0 Å². The van der Waals surface area contributed by atoms with E-state index in [0.29, 0.717) is 23.9 Å². The van der Waals surface area contributed by atoms with Gasteiger partial charge in [-0.15, -0.1) is 0 Å². The predicted molar refractivity (Wildman–Crippen MR) is 68.5 cm³/mol. The third kappa shape index (κ3) is 3.44. The molecule has 3 heteroatoms. The normalized spacial score (nSPS) is 32.1. The molecule has 16 heavy (non-hydrogen) atoms. The zero-order valence-electron chi connectivity index (χ0n) is 11.2. The molecule has 1 rings (SSSR count). The number of piperazine rings is 1. The lowest BCUT2D eigenvalue weighted by atomic mass is 9.78. The molecule has 5 unspecified atom stereocenters. The third-order valence-electron chi connectivity index (χ3n) is 3.94. The van der Waals surface area contributed by atoms with E-state index in [-0.39, 0.29) is 6.10 Å². The van der Waals surface area contributed by atoms with Gasteiger partial charge in [0.15, 0.2) is 0 Å². The van der Waals surface area contributed by atoms with E-state index in [4.69, 9.17) is 0 Å². The van der Waals surface area contributed by atoms with E-state index in [1.165, 1.54) is 0 Å². The van der Waals surface area contributed by atoms with Crippen molar-refractivity contribution < 1.29 is 5.11 Å². The van der Waals surface area contributed by atoms with E-state index < -0.39 is 0 Å². The van der Waals surface area contributed by atoms with Gasteiger partial charge < -0.3 is 15.7 Å². The molecule has 1 aliphatic rings. The molecule has 1 heterocycles. The van der Waals surface area contributed by atoms with Gasteiger partial charge in [-0.25, -0.2) is 0 Å². The van der Waals surface area contributed by atoms with Gasteiger partial charge in [0.2, 0.25) is 0 Å². The van der Waals surface area contributed by atoms with Gasteiger partial charge in [0.1, 0.15) is 0 Å². The van der Waals surface area contributed by atoms with Crippen LogP contribution in [-0.2, 0) is 0 Å². The van der Waals surface area contributed by atoms with Crippen molar-refractivity contribution in [2.75, 3.05) is 13.1 Å². The van der Waals surface area contributed by atoms with Crippen molar-refractivity contribution in [3.05, 3.63) is 0 Å². The lowest BCUT2D eigenvalue weighted by molar-refractivity contribution is 0.0612. The lowest BCUT2D eigenvalue weighted by Gasteiger charge is -2.39. The Balaban J connectivity index is 2.64. The highest BCUT2D eigenvalue weighted by atomic mass is 16.3. The van der Waals surface area contributed by atoms with Crippen LogP contribution in [0.5, 0.6) is 0 Å². The van der Waals surface area contributed by atoms with Gasteiger partial charge in [-0.2, -0.15) is 0 Å². The second-order valence-electron chi connectivity index (χ2n) is 5.22. The fraction of sp³-hybridized carbons (Fsp3) is 1.00. The Bertz CT molecular complexity index is 196. The van der Waals surface area contributed by atoms with Crippen LogP contribution in [0.2, 0.25) is 0 Å². The summed E-state index contributed by atoms with van der Waals surface area (Å²) in [6.07, 6.45) is 1.99. The van der Waals surface area contributed by atoms with Crippen LogP contribution < -0.4 is 10.6 Å². The fourth-order valence-corrected chi connectivity index (χ4v) is 3.10. The molecule has 1 aliphatic heterocycles. The maximum Gasteiger partial charge on any atom is 0.0543 e. The summed E-state index contributed by atoms with van der Waals surface area (Å²) in [4.78, 5) is 0. The van der Waals surface area contributed by atoms with Crippen molar-refractivity contribution in [2.24, 2.45) is 11.8 Å². The van der Waals surface area contributed by atoms with E-state index in [0.717, 1.165) is 25.9 Å². The van der Waals surface area contributed by atoms with E-state index in [1.54, 1.807) is 0 Å². The van der Waals surface area contributed by atoms with Crippen LogP contribution in [-0.4, -0.2) is 36.4 Å². The zero-order chi connectivity index (χ0) is 12.1. The smallest absolute Gasteiger partial charge is 0.0543 e. The molecule has 0 bridgehead atoms. The SMILES string of the molecule is CCC(C(C)O)C(CC)C1CNCC(C)N1. The molecule has 0 amide bonds. The van der Waals surface area contributed by atoms with Crippen molar-refractivity contribution in [3.8, 4) is 0 Å². The molecular formula is C13H28N2O. The van der Waals surface area contributed by atoms with Crippen molar-refractivity contribution in [1.82, 2.24) is 10.6 Å². The molecular weight excluding hydrogens is 200 g/mol. The van der Waals surface area contributed by atoms with Crippen LogP contribution in [0, 0.1) is 11.8 Å². The van der Waals surface area contributed by atoms with Gasteiger partial charge in [-0.1, -0.05) is 26.7 Å². The van der Waals surface area contributed by atoms with Gasteiger partial charge in [0, 0.05) is 25.2 Å². The third-order valence-corrected chi connectivity index (χ3v) is 3.94. The number of aliphatic hydroxyl groups is 1. The van der Waals surface area contributed by atoms with E-state index in [2.05, 4.69) is 31.4 Å². The lowest BCUT2D eigenvalue weighted by Crippen LogP contribution is -2.58. The van der Waals surface area contributed by atoms with Crippen molar-refractivity contribution in [3.63, 3.8) is 0 Å². The van der Waals surface area contributed by atoms with Gasteiger partial charge in [-0.3, -0.25) is 0 Å². The van der Waals surface area contributed by atoms with Crippen molar-refractivity contribution >= 4 is 0 Å². The number of rotatable bonds is 5. The molecule has 0 aromatic heterocycles. The minimum absolute atomic E-state index is 0.200. The zero-order valence-corrected chi connectivity index (χ0v) is 11.2. The van der Waals surface area contributed by atoms with Gasteiger partial charge in [0.05, 0.1) is 6.10 Å². The standard InChI is InChI=1S/C13H28N2O/c1-5-11(10(4)16)12(6-2)13-8-14-7-9(3)15-13/h9-16H,5-8H2,1-4H3. The molecule has 3 nitrogen and oxygen atoms in total. The van der Waals surface area contributed by atoms with Crippen LogP contribution in [0.15, 0.2) is 0 Å². The van der Waals surface area contributed by atoms with Crippen LogP contribution >= 0.6 is 0 Å². The largest absolute Gasteiger partial charge is 0.393 e. The maximum absolute atomic E-state index is 9.86. The summed E-state index contributed by atoms with van der Waals surface area (Å²) in [6.45, 7) is 10.6. The molecule has 1 saturated heterocycles. The molecule has 0 radical (unpaired) electrons. The number of nitrogens with one attached hydrogen (secondary N) is 2. The Kier molecular flexibility index (Phi) is 5.73. The molecule has 0 aromatic rings. The average molecular weight is 228 g/mol. The molecule has 0 aromatic carbocycles. The molecule has 96 valence electrons. The Morgan fingerprint density at radius 2 is 1.94 bits per heavy atom. The van der Waals surface area contributed by atoms with Gasteiger partial charge in [-0.05, 0) is 25.7 Å². The van der Waals surface area contributed by atoms with Crippen molar-refractivity contribution in [1.29, 1.82) is 0 Å². The minimum atomic E-state index is -0.200. The summed E-state index contributed by atoms with van der Waals surface area (Å²) in [5.41, 5.74) is 0. The molecule has 3 N–H and O–H groups in total. The first-order valence-corrected chi connectivity index (χ1v) is 6.74. The second-order valence-corrected chi connectivity index (χ2v) is 5.22. The average Bonchev–Trinajstić information content (AvgIpc) is 2.25. The second kappa shape index (κ2) is 6.58. The summed E-state index contributed by atoms with van der Waals surface area (Å²) >= 11 is 0. The molecule has 5 atom stereocenters. The number of hydrogen-bond acceptors (Lipinski definition) is 3. The highest BCUT2D eigenvalue weighted by Crippen LogP contribution is 2.27. The highest BCUT2D eigenvalue weighted by Gasteiger charge is 2.32. The number of hydrogen-bond donors (Lipinski definition) is 3. The van der Waals surface area contributed by atoms with Crippen LogP contribution in [0.25, 0.3) is 0 Å².